The Morgan fingerprint density at radius 1 is 0.545 bits per heavy atom. The highest BCUT2D eigenvalue weighted by Gasteiger charge is 2.24. The third-order valence-electron chi connectivity index (χ3n) is 3.67. The largest absolute Gasteiger partial charge is 0.497 e. The average Bonchev–Trinajstić information content (AvgIpc) is 2.60. The average molecular weight is 302 g/mol. The van der Waals surface area contributed by atoms with Crippen molar-refractivity contribution in [1.82, 2.24) is 0 Å². The lowest BCUT2D eigenvalue weighted by atomic mass is 9.97. The van der Waals surface area contributed by atoms with Gasteiger partial charge in [-0.3, -0.25) is 0 Å². The van der Waals surface area contributed by atoms with Crippen molar-refractivity contribution in [3.05, 3.63) is 59.7 Å². The van der Waals surface area contributed by atoms with Gasteiger partial charge < -0.3 is 18.9 Å². The quantitative estimate of drug-likeness (QED) is 0.780. The molecule has 0 aliphatic carbocycles. The highest BCUT2D eigenvalue weighted by Crippen LogP contribution is 2.35. The van der Waals surface area contributed by atoms with Crippen LogP contribution in [-0.2, 0) is 9.47 Å². The van der Waals surface area contributed by atoms with E-state index in [1.165, 1.54) is 0 Å². The third kappa shape index (κ3) is 3.59. The van der Waals surface area contributed by atoms with Gasteiger partial charge in [-0.05, 0) is 35.4 Å². The van der Waals surface area contributed by atoms with Gasteiger partial charge >= 0.3 is 0 Å². The summed E-state index contributed by atoms with van der Waals surface area (Å²) in [6.07, 6.45) is -0.409. The highest BCUT2D eigenvalue weighted by molar-refractivity contribution is 5.33. The minimum Gasteiger partial charge on any atom is -0.497 e. The zero-order chi connectivity index (χ0) is 15.9. The fraction of sp³-hybridized carbons (Fsp3) is 0.333. The predicted molar refractivity (Wildman–Crippen MR) is 85.5 cm³/mol. The molecule has 118 valence electrons. The maximum absolute atomic E-state index is 5.68. The SMILES string of the molecule is COc1ccc(C(OC)C(OC)c2ccc(OC)cc2)cc1. The third-order valence-corrected chi connectivity index (χ3v) is 3.67. The number of hydrogen-bond donors (Lipinski definition) is 0. The normalized spacial score (nSPS) is 13.5. The Morgan fingerprint density at radius 2 is 0.864 bits per heavy atom. The van der Waals surface area contributed by atoms with Gasteiger partial charge in [0.1, 0.15) is 23.7 Å². The summed E-state index contributed by atoms with van der Waals surface area (Å²) in [4.78, 5) is 0. The minimum atomic E-state index is -0.204. The van der Waals surface area contributed by atoms with E-state index < -0.39 is 0 Å². The number of methoxy groups -OCH3 is 4. The van der Waals surface area contributed by atoms with Crippen LogP contribution in [0.2, 0.25) is 0 Å². The van der Waals surface area contributed by atoms with E-state index in [1.54, 1.807) is 28.4 Å². The molecule has 0 saturated heterocycles. The summed E-state index contributed by atoms with van der Waals surface area (Å²) in [6.45, 7) is 0. The first-order valence-electron chi connectivity index (χ1n) is 7.07. The van der Waals surface area contributed by atoms with Crippen LogP contribution in [0.4, 0.5) is 0 Å². The van der Waals surface area contributed by atoms with Crippen molar-refractivity contribution in [2.75, 3.05) is 28.4 Å². The van der Waals surface area contributed by atoms with E-state index in [0.717, 1.165) is 22.6 Å². The standard InChI is InChI=1S/C18H22O4/c1-19-15-9-5-13(6-10-15)17(21-3)18(22-4)14-7-11-16(20-2)12-8-14/h5-12,17-18H,1-4H3. The van der Waals surface area contributed by atoms with Gasteiger partial charge in [0, 0.05) is 14.2 Å². The molecule has 0 N–H and O–H groups in total. The number of rotatable bonds is 7. The summed E-state index contributed by atoms with van der Waals surface area (Å²) >= 11 is 0. The molecule has 2 rings (SSSR count). The van der Waals surface area contributed by atoms with Gasteiger partial charge in [0.25, 0.3) is 0 Å². The van der Waals surface area contributed by atoms with E-state index in [4.69, 9.17) is 18.9 Å². The molecular formula is C18H22O4. The van der Waals surface area contributed by atoms with Crippen molar-refractivity contribution >= 4 is 0 Å². The van der Waals surface area contributed by atoms with Crippen LogP contribution >= 0.6 is 0 Å². The van der Waals surface area contributed by atoms with Gasteiger partial charge in [0.05, 0.1) is 14.2 Å². The summed E-state index contributed by atoms with van der Waals surface area (Å²) in [6, 6.07) is 15.6. The van der Waals surface area contributed by atoms with Gasteiger partial charge in [-0.25, -0.2) is 0 Å². The van der Waals surface area contributed by atoms with Crippen molar-refractivity contribution in [3.63, 3.8) is 0 Å². The first kappa shape index (κ1) is 16.3. The fourth-order valence-corrected chi connectivity index (χ4v) is 2.46. The fourth-order valence-electron chi connectivity index (χ4n) is 2.46. The van der Waals surface area contributed by atoms with E-state index in [0.29, 0.717) is 0 Å². The molecular weight excluding hydrogens is 280 g/mol. The van der Waals surface area contributed by atoms with Crippen molar-refractivity contribution in [2.45, 2.75) is 12.2 Å². The number of ether oxygens (including phenoxy) is 4. The molecule has 0 radical (unpaired) electrons. The molecule has 22 heavy (non-hydrogen) atoms. The van der Waals surface area contributed by atoms with Crippen LogP contribution in [0.1, 0.15) is 23.3 Å². The molecule has 0 aliphatic heterocycles. The molecule has 0 bridgehead atoms. The van der Waals surface area contributed by atoms with Gasteiger partial charge in [-0.2, -0.15) is 0 Å². The van der Waals surface area contributed by atoms with Crippen molar-refractivity contribution in [1.29, 1.82) is 0 Å². The first-order chi connectivity index (χ1) is 10.7. The van der Waals surface area contributed by atoms with Gasteiger partial charge in [0.15, 0.2) is 0 Å². The molecule has 4 nitrogen and oxygen atoms in total. The van der Waals surface area contributed by atoms with Crippen LogP contribution in [0.15, 0.2) is 48.5 Å². The van der Waals surface area contributed by atoms with Crippen LogP contribution < -0.4 is 9.47 Å². The van der Waals surface area contributed by atoms with E-state index >= 15 is 0 Å². The van der Waals surface area contributed by atoms with Crippen LogP contribution in [0.3, 0.4) is 0 Å². The maximum atomic E-state index is 5.68. The summed E-state index contributed by atoms with van der Waals surface area (Å²) < 4.78 is 21.7. The van der Waals surface area contributed by atoms with Gasteiger partial charge in [-0.15, -0.1) is 0 Å². The molecule has 0 amide bonds. The molecule has 2 atom stereocenters. The molecule has 2 aromatic rings. The van der Waals surface area contributed by atoms with Crippen molar-refractivity contribution < 1.29 is 18.9 Å². The Hall–Kier alpha value is -2.04. The first-order valence-corrected chi connectivity index (χ1v) is 7.07. The van der Waals surface area contributed by atoms with Crippen LogP contribution in [0, 0.1) is 0 Å². The predicted octanol–water partition coefficient (Wildman–Crippen LogP) is 3.78. The van der Waals surface area contributed by atoms with Crippen LogP contribution in [-0.4, -0.2) is 28.4 Å². The monoisotopic (exact) mass is 302 g/mol. The van der Waals surface area contributed by atoms with Gasteiger partial charge in [0.2, 0.25) is 0 Å². The molecule has 0 aliphatic rings. The van der Waals surface area contributed by atoms with Crippen LogP contribution in [0.25, 0.3) is 0 Å². The Bertz CT molecular complexity index is 509. The van der Waals surface area contributed by atoms with Gasteiger partial charge in [-0.1, -0.05) is 24.3 Å². The van der Waals surface area contributed by atoms with Crippen LogP contribution in [0.5, 0.6) is 11.5 Å². The second-order valence-corrected chi connectivity index (χ2v) is 4.86. The smallest absolute Gasteiger partial charge is 0.118 e. The highest BCUT2D eigenvalue weighted by atomic mass is 16.5. The van der Waals surface area contributed by atoms with Crippen molar-refractivity contribution in [2.24, 2.45) is 0 Å². The topological polar surface area (TPSA) is 36.9 Å². The molecule has 0 spiro atoms. The number of benzene rings is 2. The summed E-state index contributed by atoms with van der Waals surface area (Å²) in [5.41, 5.74) is 2.07. The number of hydrogen-bond acceptors (Lipinski definition) is 4. The molecule has 0 aromatic heterocycles. The molecule has 2 aromatic carbocycles. The second kappa shape index (κ2) is 7.82. The Labute approximate surface area is 131 Å². The molecule has 4 heteroatoms. The van der Waals surface area contributed by atoms with Crippen molar-refractivity contribution in [3.8, 4) is 11.5 Å². The summed E-state index contributed by atoms with van der Waals surface area (Å²) in [7, 11) is 6.67. The summed E-state index contributed by atoms with van der Waals surface area (Å²) in [5, 5.41) is 0. The minimum absolute atomic E-state index is 0.204. The Balaban J connectivity index is 2.28. The van der Waals surface area contributed by atoms with E-state index in [2.05, 4.69) is 0 Å². The summed E-state index contributed by atoms with van der Waals surface area (Å²) in [5.74, 6) is 1.63. The zero-order valence-electron chi connectivity index (χ0n) is 13.4. The lowest BCUT2D eigenvalue weighted by Gasteiger charge is -2.26. The lowest BCUT2D eigenvalue weighted by Crippen LogP contribution is -2.15. The molecule has 0 heterocycles. The Kier molecular flexibility index (Phi) is 5.81. The maximum Gasteiger partial charge on any atom is 0.118 e. The zero-order valence-corrected chi connectivity index (χ0v) is 13.4. The molecule has 2 unspecified atom stereocenters. The molecule has 0 fully saturated rings. The van der Waals surface area contributed by atoms with E-state index in [9.17, 15) is 0 Å². The Morgan fingerprint density at radius 3 is 1.09 bits per heavy atom. The molecule has 0 saturated carbocycles. The van der Waals surface area contributed by atoms with E-state index in [1.807, 2.05) is 48.5 Å². The van der Waals surface area contributed by atoms with E-state index in [-0.39, 0.29) is 12.2 Å². The second-order valence-electron chi connectivity index (χ2n) is 4.86. The lowest BCUT2D eigenvalue weighted by molar-refractivity contribution is -0.0397.